The van der Waals surface area contributed by atoms with Gasteiger partial charge in [-0.3, -0.25) is 4.79 Å². The van der Waals surface area contributed by atoms with Crippen molar-refractivity contribution in [3.63, 3.8) is 0 Å². The van der Waals surface area contributed by atoms with Gasteiger partial charge in [-0.25, -0.2) is 8.91 Å². The summed E-state index contributed by atoms with van der Waals surface area (Å²) in [5.41, 5.74) is 3.97. The summed E-state index contributed by atoms with van der Waals surface area (Å²) < 4.78 is 20.6. The van der Waals surface area contributed by atoms with Crippen LogP contribution in [0.5, 0.6) is 0 Å². The molecule has 0 spiro atoms. The second-order valence-electron chi connectivity index (χ2n) is 7.47. The van der Waals surface area contributed by atoms with Crippen LogP contribution in [0.1, 0.15) is 16.3 Å². The molecule has 5 rings (SSSR count). The minimum atomic E-state index is -0.248. The molecule has 0 bridgehead atoms. The Morgan fingerprint density at radius 3 is 2.47 bits per heavy atom. The number of hydrogen-bond donors (Lipinski definition) is 0. The summed E-state index contributed by atoms with van der Waals surface area (Å²) >= 11 is 0. The largest absolute Gasteiger partial charge is 0.456 e. The lowest BCUT2D eigenvalue weighted by molar-refractivity contribution is 0.0713. The fourth-order valence-electron chi connectivity index (χ4n) is 3.89. The number of furan rings is 1. The summed E-state index contributed by atoms with van der Waals surface area (Å²) in [5, 5.41) is 4.47. The quantitative estimate of drug-likeness (QED) is 0.518. The third-order valence-corrected chi connectivity index (χ3v) is 5.54. The van der Waals surface area contributed by atoms with E-state index in [0.29, 0.717) is 31.9 Å². The van der Waals surface area contributed by atoms with Gasteiger partial charge in [0.25, 0.3) is 5.91 Å². The maximum atomic E-state index is 13.3. The van der Waals surface area contributed by atoms with Gasteiger partial charge >= 0.3 is 0 Å². The molecule has 0 saturated carbocycles. The van der Waals surface area contributed by atoms with E-state index in [9.17, 15) is 9.18 Å². The molecule has 0 atom stereocenters. The van der Waals surface area contributed by atoms with Gasteiger partial charge in [-0.15, -0.1) is 0 Å². The van der Waals surface area contributed by atoms with Gasteiger partial charge < -0.3 is 14.2 Å². The van der Waals surface area contributed by atoms with Crippen LogP contribution in [0.25, 0.3) is 16.6 Å². The maximum absolute atomic E-state index is 13.3. The molecule has 4 aromatic rings. The first kappa shape index (κ1) is 18.4. The summed E-state index contributed by atoms with van der Waals surface area (Å²) in [7, 11) is 0. The molecule has 1 saturated heterocycles. The Hall–Kier alpha value is -3.61. The Balaban J connectivity index is 1.36. The number of hydrogen-bond acceptors (Lipinski definition) is 4. The van der Waals surface area contributed by atoms with Gasteiger partial charge in [-0.2, -0.15) is 5.10 Å². The lowest BCUT2D eigenvalue weighted by Crippen LogP contribution is -2.48. The van der Waals surface area contributed by atoms with E-state index in [1.54, 1.807) is 24.3 Å². The predicted octanol–water partition coefficient (Wildman–Crippen LogP) is 4.00. The molecule has 0 N–H and O–H groups in total. The number of benzene rings is 1. The zero-order valence-electron chi connectivity index (χ0n) is 16.6. The van der Waals surface area contributed by atoms with Gasteiger partial charge in [-0.1, -0.05) is 12.1 Å². The normalized spacial score (nSPS) is 14.5. The van der Waals surface area contributed by atoms with Crippen LogP contribution in [0.4, 0.5) is 10.1 Å². The van der Waals surface area contributed by atoms with Crippen molar-refractivity contribution in [3.05, 3.63) is 78.3 Å². The number of aromatic nitrogens is 2. The molecule has 30 heavy (non-hydrogen) atoms. The van der Waals surface area contributed by atoms with Crippen molar-refractivity contribution in [2.45, 2.75) is 6.92 Å². The number of anilines is 1. The summed E-state index contributed by atoms with van der Waals surface area (Å²) in [6.07, 6.45) is 3.77. The first-order chi connectivity index (χ1) is 14.6. The number of nitrogens with zero attached hydrogens (tertiary/aromatic N) is 4. The Kier molecular flexibility index (Phi) is 4.50. The minimum Gasteiger partial charge on any atom is -0.456 e. The number of halogens is 1. The van der Waals surface area contributed by atoms with Crippen molar-refractivity contribution in [1.29, 1.82) is 0 Å². The molecule has 7 heteroatoms. The zero-order valence-corrected chi connectivity index (χ0v) is 16.6. The maximum Gasteiger partial charge on any atom is 0.289 e. The lowest BCUT2D eigenvalue weighted by Gasteiger charge is -2.35. The number of amides is 1. The molecule has 4 heterocycles. The van der Waals surface area contributed by atoms with Crippen molar-refractivity contribution >= 4 is 17.1 Å². The van der Waals surface area contributed by atoms with Gasteiger partial charge in [0.05, 0.1) is 17.4 Å². The number of piperazine rings is 1. The van der Waals surface area contributed by atoms with Gasteiger partial charge in [0.1, 0.15) is 11.6 Å². The van der Waals surface area contributed by atoms with Gasteiger partial charge in [0.2, 0.25) is 0 Å². The number of pyridine rings is 1. The third-order valence-electron chi connectivity index (χ3n) is 5.54. The van der Waals surface area contributed by atoms with Crippen LogP contribution in [0, 0.1) is 12.7 Å². The van der Waals surface area contributed by atoms with E-state index in [-0.39, 0.29) is 11.7 Å². The van der Waals surface area contributed by atoms with E-state index in [2.05, 4.69) is 16.1 Å². The smallest absolute Gasteiger partial charge is 0.289 e. The first-order valence-corrected chi connectivity index (χ1v) is 9.92. The minimum absolute atomic E-state index is 0.0683. The number of carbonyl (C=O) groups is 1. The summed E-state index contributed by atoms with van der Waals surface area (Å²) in [4.78, 5) is 16.7. The molecule has 6 nitrogen and oxygen atoms in total. The third kappa shape index (κ3) is 3.32. The van der Waals surface area contributed by atoms with Crippen LogP contribution in [-0.4, -0.2) is 46.6 Å². The van der Waals surface area contributed by atoms with Gasteiger partial charge in [0, 0.05) is 32.4 Å². The number of fused-ring (bicyclic) bond motifs is 1. The van der Waals surface area contributed by atoms with Crippen LogP contribution in [0.3, 0.4) is 0 Å². The summed E-state index contributed by atoms with van der Waals surface area (Å²) in [6.45, 7) is 4.50. The van der Waals surface area contributed by atoms with Crippen molar-refractivity contribution in [3.8, 4) is 11.1 Å². The average molecular weight is 404 g/mol. The Morgan fingerprint density at radius 2 is 1.77 bits per heavy atom. The molecular weight excluding hydrogens is 383 g/mol. The number of aryl methyl sites for hydroxylation is 1. The van der Waals surface area contributed by atoms with E-state index >= 15 is 0 Å². The summed E-state index contributed by atoms with van der Waals surface area (Å²) in [6, 6.07) is 14.1. The highest BCUT2D eigenvalue weighted by molar-refractivity contribution is 5.91. The predicted molar refractivity (Wildman–Crippen MR) is 112 cm³/mol. The highest BCUT2D eigenvalue weighted by Crippen LogP contribution is 2.28. The standard InChI is InChI=1S/C23H21FN4O2/c1-16-2-7-22(30-16)23(29)27-12-10-26(11-13-27)21-15-25-28-9-8-18(14-20(21)28)17-3-5-19(24)6-4-17/h2-9,14-15H,10-13H2,1H3. The van der Waals surface area contributed by atoms with Crippen LogP contribution in [-0.2, 0) is 0 Å². The van der Waals surface area contributed by atoms with E-state index in [0.717, 1.165) is 28.1 Å². The van der Waals surface area contributed by atoms with Crippen LogP contribution in [0.2, 0.25) is 0 Å². The van der Waals surface area contributed by atoms with Crippen LogP contribution < -0.4 is 4.90 Å². The van der Waals surface area contributed by atoms with Crippen molar-refractivity contribution in [1.82, 2.24) is 14.5 Å². The molecule has 1 aromatic carbocycles. The average Bonchev–Trinajstić information content (AvgIpc) is 3.40. The molecule has 0 radical (unpaired) electrons. The molecule has 1 fully saturated rings. The molecule has 3 aromatic heterocycles. The van der Waals surface area contributed by atoms with E-state index in [4.69, 9.17) is 4.42 Å². The highest BCUT2D eigenvalue weighted by Gasteiger charge is 2.25. The number of rotatable bonds is 3. The molecular formula is C23H21FN4O2. The lowest BCUT2D eigenvalue weighted by atomic mass is 10.1. The molecule has 1 amide bonds. The van der Waals surface area contributed by atoms with Gasteiger partial charge in [-0.05, 0) is 54.4 Å². The SMILES string of the molecule is Cc1ccc(C(=O)N2CCN(c3cnn4ccc(-c5ccc(F)cc5)cc34)CC2)o1. The second-order valence-corrected chi connectivity index (χ2v) is 7.47. The first-order valence-electron chi connectivity index (χ1n) is 9.92. The van der Waals surface area contributed by atoms with E-state index in [1.807, 2.05) is 34.8 Å². The van der Waals surface area contributed by atoms with E-state index in [1.165, 1.54) is 12.1 Å². The zero-order chi connectivity index (χ0) is 20.7. The second kappa shape index (κ2) is 7.33. The Labute approximate surface area is 173 Å². The van der Waals surface area contributed by atoms with Crippen molar-refractivity contribution in [2.24, 2.45) is 0 Å². The topological polar surface area (TPSA) is 54.0 Å². The molecule has 1 aliphatic rings. The van der Waals surface area contributed by atoms with E-state index < -0.39 is 0 Å². The van der Waals surface area contributed by atoms with Crippen LogP contribution >= 0.6 is 0 Å². The van der Waals surface area contributed by atoms with Crippen molar-refractivity contribution in [2.75, 3.05) is 31.1 Å². The van der Waals surface area contributed by atoms with Gasteiger partial charge in [0.15, 0.2) is 5.76 Å². The van der Waals surface area contributed by atoms with Crippen molar-refractivity contribution < 1.29 is 13.6 Å². The Morgan fingerprint density at radius 1 is 1.00 bits per heavy atom. The molecule has 152 valence electrons. The van der Waals surface area contributed by atoms with Crippen LogP contribution in [0.15, 0.2) is 65.3 Å². The molecule has 0 unspecified atom stereocenters. The highest BCUT2D eigenvalue weighted by atomic mass is 19.1. The molecule has 0 aliphatic carbocycles. The molecule has 1 aliphatic heterocycles. The monoisotopic (exact) mass is 404 g/mol. The summed E-state index contributed by atoms with van der Waals surface area (Å²) in [5.74, 6) is 0.810. The fraction of sp³-hybridized carbons (Fsp3) is 0.217. The number of carbonyl (C=O) groups excluding carboxylic acids is 1. The Bertz CT molecular complexity index is 1200. The fourth-order valence-corrected chi connectivity index (χ4v) is 3.89.